The van der Waals surface area contributed by atoms with Crippen molar-refractivity contribution >= 4 is 0 Å². The first-order valence-corrected chi connectivity index (χ1v) is 5.28. The van der Waals surface area contributed by atoms with Crippen LogP contribution in [-0.4, -0.2) is 31.8 Å². The molecule has 3 unspecified atom stereocenters. The number of nitrogens with one attached hydrogen (secondary N) is 1. The van der Waals surface area contributed by atoms with Crippen molar-refractivity contribution in [3.63, 3.8) is 0 Å². The topological polar surface area (TPSA) is 47.3 Å². The molecule has 0 aliphatic carbocycles. The van der Waals surface area contributed by atoms with Crippen LogP contribution in [0.1, 0.15) is 26.7 Å². The molecule has 0 aromatic carbocycles. The van der Waals surface area contributed by atoms with Crippen LogP contribution in [0.2, 0.25) is 0 Å². The minimum atomic E-state index is 0.275. The van der Waals surface area contributed by atoms with Crippen molar-refractivity contribution in [2.75, 3.05) is 19.7 Å². The van der Waals surface area contributed by atoms with Gasteiger partial charge in [0.15, 0.2) is 0 Å². The van der Waals surface area contributed by atoms with Crippen LogP contribution >= 0.6 is 0 Å². The molecule has 0 radical (unpaired) electrons. The van der Waals surface area contributed by atoms with Crippen molar-refractivity contribution in [2.24, 2.45) is 11.7 Å². The third-order valence-corrected chi connectivity index (χ3v) is 2.76. The van der Waals surface area contributed by atoms with E-state index in [0.29, 0.717) is 12.0 Å². The van der Waals surface area contributed by atoms with Gasteiger partial charge in [0.25, 0.3) is 0 Å². The second-order valence-electron chi connectivity index (χ2n) is 4.13. The lowest BCUT2D eigenvalue weighted by Gasteiger charge is -2.17. The highest BCUT2D eigenvalue weighted by Crippen LogP contribution is 2.10. The zero-order valence-corrected chi connectivity index (χ0v) is 8.75. The highest BCUT2D eigenvalue weighted by Gasteiger charge is 2.15. The SMILES string of the molecule is CC(N)C(C)CNCC1CCCO1. The van der Waals surface area contributed by atoms with Gasteiger partial charge in [0.1, 0.15) is 0 Å². The van der Waals surface area contributed by atoms with Crippen molar-refractivity contribution < 1.29 is 4.74 Å². The van der Waals surface area contributed by atoms with E-state index in [4.69, 9.17) is 10.5 Å². The lowest BCUT2D eigenvalue weighted by molar-refractivity contribution is 0.109. The maximum atomic E-state index is 5.76. The van der Waals surface area contributed by atoms with Gasteiger partial charge in [-0.2, -0.15) is 0 Å². The largest absolute Gasteiger partial charge is 0.377 e. The summed E-state index contributed by atoms with van der Waals surface area (Å²) in [6.07, 6.45) is 2.87. The van der Waals surface area contributed by atoms with Gasteiger partial charge >= 0.3 is 0 Å². The second kappa shape index (κ2) is 5.58. The summed E-state index contributed by atoms with van der Waals surface area (Å²) >= 11 is 0. The number of hydrogen-bond acceptors (Lipinski definition) is 3. The molecule has 1 fully saturated rings. The fourth-order valence-electron chi connectivity index (χ4n) is 1.46. The fraction of sp³-hybridized carbons (Fsp3) is 1.00. The molecule has 0 amide bonds. The standard InChI is InChI=1S/C10H22N2O/c1-8(9(2)11)6-12-7-10-4-3-5-13-10/h8-10,12H,3-7,11H2,1-2H3. The van der Waals surface area contributed by atoms with E-state index in [9.17, 15) is 0 Å². The first-order valence-electron chi connectivity index (χ1n) is 5.28. The molecule has 1 saturated heterocycles. The monoisotopic (exact) mass is 186 g/mol. The van der Waals surface area contributed by atoms with Gasteiger partial charge in [-0.1, -0.05) is 6.92 Å². The molecule has 0 spiro atoms. The predicted molar refractivity (Wildman–Crippen MR) is 54.7 cm³/mol. The summed E-state index contributed by atoms with van der Waals surface area (Å²) in [6, 6.07) is 0.275. The summed E-state index contributed by atoms with van der Waals surface area (Å²) in [5.74, 6) is 0.543. The van der Waals surface area contributed by atoms with Crippen molar-refractivity contribution in [1.82, 2.24) is 5.32 Å². The van der Waals surface area contributed by atoms with Crippen molar-refractivity contribution in [1.29, 1.82) is 0 Å². The molecule has 3 nitrogen and oxygen atoms in total. The Morgan fingerprint density at radius 1 is 1.54 bits per heavy atom. The lowest BCUT2D eigenvalue weighted by Crippen LogP contribution is -2.36. The molecular weight excluding hydrogens is 164 g/mol. The molecule has 3 N–H and O–H groups in total. The number of ether oxygens (including phenoxy) is 1. The highest BCUT2D eigenvalue weighted by molar-refractivity contribution is 4.70. The number of rotatable bonds is 5. The third kappa shape index (κ3) is 4.07. The predicted octanol–water partition coefficient (Wildman–Crippen LogP) is 0.738. The van der Waals surface area contributed by atoms with E-state index < -0.39 is 0 Å². The van der Waals surface area contributed by atoms with Gasteiger partial charge in [0.05, 0.1) is 6.10 Å². The minimum absolute atomic E-state index is 0.275. The molecule has 0 bridgehead atoms. The van der Waals surface area contributed by atoms with Crippen LogP contribution in [0.4, 0.5) is 0 Å². The molecule has 0 aromatic heterocycles. The van der Waals surface area contributed by atoms with E-state index >= 15 is 0 Å². The Hall–Kier alpha value is -0.120. The normalized spacial score (nSPS) is 27.5. The van der Waals surface area contributed by atoms with E-state index in [1.807, 2.05) is 0 Å². The van der Waals surface area contributed by atoms with Crippen LogP contribution in [0.5, 0.6) is 0 Å². The van der Waals surface area contributed by atoms with E-state index in [0.717, 1.165) is 19.7 Å². The number of hydrogen-bond donors (Lipinski definition) is 2. The van der Waals surface area contributed by atoms with E-state index in [1.165, 1.54) is 12.8 Å². The molecular formula is C10H22N2O. The van der Waals surface area contributed by atoms with E-state index in [-0.39, 0.29) is 6.04 Å². The summed E-state index contributed by atoms with van der Waals surface area (Å²) in [5.41, 5.74) is 5.76. The Bertz CT molecular complexity index is 131. The molecule has 3 heteroatoms. The zero-order chi connectivity index (χ0) is 9.68. The second-order valence-corrected chi connectivity index (χ2v) is 4.13. The van der Waals surface area contributed by atoms with E-state index in [2.05, 4.69) is 19.2 Å². The van der Waals surface area contributed by atoms with E-state index in [1.54, 1.807) is 0 Å². The van der Waals surface area contributed by atoms with Gasteiger partial charge in [-0.3, -0.25) is 0 Å². The molecule has 1 aliphatic rings. The maximum Gasteiger partial charge on any atom is 0.0700 e. The summed E-state index contributed by atoms with van der Waals surface area (Å²) in [4.78, 5) is 0. The van der Waals surface area contributed by atoms with Crippen LogP contribution in [0.3, 0.4) is 0 Å². The smallest absolute Gasteiger partial charge is 0.0700 e. The summed E-state index contributed by atoms with van der Waals surface area (Å²) in [7, 11) is 0. The van der Waals surface area contributed by atoms with Gasteiger partial charge in [0, 0.05) is 19.2 Å². The summed E-state index contributed by atoms with van der Waals surface area (Å²) in [6.45, 7) is 7.15. The van der Waals surface area contributed by atoms with Gasteiger partial charge in [-0.25, -0.2) is 0 Å². The minimum Gasteiger partial charge on any atom is -0.377 e. The summed E-state index contributed by atoms with van der Waals surface area (Å²) in [5, 5.41) is 3.40. The van der Waals surface area contributed by atoms with Gasteiger partial charge in [-0.05, 0) is 32.2 Å². The molecule has 1 aliphatic heterocycles. The molecule has 0 aromatic rings. The van der Waals surface area contributed by atoms with Crippen molar-refractivity contribution in [3.8, 4) is 0 Å². The quantitative estimate of drug-likeness (QED) is 0.665. The maximum absolute atomic E-state index is 5.76. The van der Waals surface area contributed by atoms with Crippen LogP contribution in [0.15, 0.2) is 0 Å². The van der Waals surface area contributed by atoms with Crippen LogP contribution in [0.25, 0.3) is 0 Å². The highest BCUT2D eigenvalue weighted by atomic mass is 16.5. The number of nitrogens with two attached hydrogens (primary N) is 1. The zero-order valence-electron chi connectivity index (χ0n) is 8.75. The Labute approximate surface area is 81.0 Å². The average molecular weight is 186 g/mol. The van der Waals surface area contributed by atoms with Crippen LogP contribution in [-0.2, 0) is 4.74 Å². The molecule has 1 rings (SSSR count). The molecule has 13 heavy (non-hydrogen) atoms. The Morgan fingerprint density at radius 3 is 2.85 bits per heavy atom. The average Bonchev–Trinajstić information content (AvgIpc) is 2.56. The first kappa shape index (κ1) is 11.0. The fourth-order valence-corrected chi connectivity index (χ4v) is 1.46. The van der Waals surface area contributed by atoms with Crippen molar-refractivity contribution in [2.45, 2.75) is 38.8 Å². The van der Waals surface area contributed by atoms with Gasteiger partial charge in [-0.15, -0.1) is 0 Å². The summed E-state index contributed by atoms with van der Waals surface area (Å²) < 4.78 is 5.50. The lowest BCUT2D eigenvalue weighted by atomic mass is 10.1. The van der Waals surface area contributed by atoms with Crippen LogP contribution in [0, 0.1) is 5.92 Å². The molecule has 3 atom stereocenters. The Morgan fingerprint density at radius 2 is 2.31 bits per heavy atom. The molecule has 1 heterocycles. The Balaban J connectivity index is 1.99. The van der Waals surface area contributed by atoms with Crippen molar-refractivity contribution in [3.05, 3.63) is 0 Å². The van der Waals surface area contributed by atoms with Gasteiger partial charge < -0.3 is 15.8 Å². The van der Waals surface area contributed by atoms with Crippen LogP contribution < -0.4 is 11.1 Å². The molecule has 0 saturated carbocycles. The molecule has 78 valence electrons. The first-order chi connectivity index (χ1) is 6.20. The Kier molecular flexibility index (Phi) is 4.70. The van der Waals surface area contributed by atoms with Gasteiger partial charge in [0.2, 0.25) is 0 Å². The third-order valence-electron chi connectivity index (χ3n) is 2.76.